The van der Waals surface area contributed by atoms with Crippen LogP contribution in [0, 0.1) is 0 Å². The van der Waals surface area contributed by atoms with Gasteiger partial charge >= 0.3 is 0 Å². The normalized spacial score (nSPS) is 26.8. The molecular weight excluding hydrogens is 278 g/mol. The van der Waals surface area contributed by atoms with E-state index < -0.39 is 0 Å². The standard InChI is InChI=1S/C14H20BrNO/c1-10(13-4-2-3-5-14(13)15)16-11-6-8-12(17)9-7-11/h2-5,10-12,16-17H,6-9H2,1H3/t10-,11?,12?/m1/s1. The topological polar surface area (TPSA) is 32.3 Å². The Morgan fingerprint density at radius 3 is 2.53 bits per heavy atom. The van der Waals surface area contributed by atoms with E-state index in [9.17, 15) is 5.11 Å². The maximum Gasteiger partial charge on any atom is 0.0541 e. The maximum atomic E-state index is 9.49. The average molecular weight is 298 g/mol. The molecule has 1 atom stereocenters. The fourth-order valence-corrected chi connectivity index (χ4v) is 3.14. The minimum Gasteiger partial charge on any atom is -0.393 e. The molecule has 0 aliphatic heterocycles. The van der Waals surface area contributed by atoms with Gasteiger partial charge in [0.05, 0.1) is 6.10 Å². The third-order valence-corrected chi connectivity index (χ3v) is 4.28. The summed E-state index contributed by atoms with van der Waals surface area (Å²) in [5.74, 6) is 0. The Bertz CT molecular complexity index is 361. The van der Waals surface area contributed by atoms with Crippen molar-refractivity contribution in [2.75, 3.05) is 0 Å². The van der Waals surface area contributed by atoms with E-state index >= 15 is 0 Å². The van der Waals surface area contributed by atoms with Gasteiger partial charge in [0, 0.05) is 16.6 Å². The van der Waals surface area contributed by atoms with Crippen LogP contribution in [0.3, 0.4) is 0 Å². The Hall–Kier alpha value is -0.380. The predicted octanol–water partition coefficient (Wildman–Crippen LogP) is 3.40. The van der Waals surface area contributed by atoms with Crippen LogP contribution in [0.25, 0.3) is 0 Å². The van der Waals surface area contributed by atoms with E-state index in [1.807, 2.05) is 6.07 Å². The van der Waals surface area contributed by atoms with Crippen molar-refractivity contribution in [3.05, 3.63) is 34.3 Å². The molecule has 0 saturated heterocycles. The Labute approximate surface area is 112 Å². The highest BCUT2D eigenvalue weighted by Crippen LogP contribution is 2.26. The first-order valence-corrected chi connectivity index (χ1v) is 7.14. The molecule has 2 rings (SSSR count). The van der Waals surface area contributed by atoms with Gasteiger partial charge < -0.3 is 10.4 Å². The van der Waals surface area contributed by atoms with Crippen LogP contribution in [0.1, 0.15) is 44.2 Å². The SMILES string of the molecule is C[C@@H](NC1CCC(O)CC1)c1ccccc1Br. The summed E-state index contributed by atoms with van der Waals surface area (Å²) in [5, 5.41) is 13.1. The smallest absolute Gasteiger partial charge is 0.0541 e. The van der Waals surface area contributed by atoms with Gasteiger partial charge in [0.15, 0.2) is 0 Å². The van der Waals surface area contributed by atoms with E-state index in [1.165, 1.54) is 5.56 Å². The summed E-state index contributed by atoms with van der Waals surface area (Å²) in [6, 6.07) is 9.24. The predicted molar refractivity (Wildman–Crippen MR) is 74.0 cm³/mol. The fraction of sp³-hybridized carbons (Fsp3) is 0.571. The molecule has 0 aromatic heterocycles. The molecule has 1 aromatic carbocycles. The molecule has 1 fully saturated rings. The van der Waals surface area contributed by atoms with E-state index in [1.54, 1.807) is 0 Å². The molecule has 1 saturated carbocycles. The van der Waals surface area contributed by atoms with Crippen LogP contribution in [-0.4, -0.2) is 17.3 Å². The number of hydrogen-bond donors (Lipinski definition) is 2. The van der Waals surface area contributed by atoms with E-state index in [2.05, 4.69) is 46.4 Å². The molecule has 1 aromatic rings. The van der Waals surface area contributed by atoms with Crippen molar-refractivity contribution < 1.29 is 5.11 Å². The largest absolute Gasteiger partial charge is 0.393 e. The Kier molecular flexibility index (Phi) is 4.60. The molecule has 0 amide bonds. The van der Waals surface area contributed by atoms with Crippen LogP contribution in [-0.2, 0) is 0 Å². The molecule has 94 valence electrons. The van der Waals surface area contributed by atoms with Crippen molar-refractivity contribution in [1.82, 2.24) is 5.32 Å². The van der Waals surface area contributed by atoms with Gasteiger partial charge in [-0.25, -0.2) is 0 Å². The summed E-state index contributed by atoms with van der Waals surface area (Å²) in [7, 11) is 0. The molecule has 17 heavy (non-hydrogen) atoms. The molecule has 0 unspecified atom stereocenters. The molecule has 2 nitrogen and oxygen atoms in total. The number of rotatable bonds is 3. The zero-order valence-electron chi connectivity index (χ0n) is 10.2. The van der Waals surface area contributed by atoms with E-state index in [4.69, 9.17) is 0 Å². The molecule has 0 spiro atoms. The van der Waals surface area contributed by atoms with Gasteiger partial charge in [0.1, 0.15) is 0 Å². The highest BCUT2D eigenvalue weighted by Gasteiger charge is 2.21. The molecule has 0 bridgehead atoms. The number of benzene rings is 1. The second-order valence-electron chi connectivity index (χ2n) is 4.92. The number of nitrogens with one attached hydrogen (secondary N) is 1. The highest BCUT2D eigenvalue weighted by molar-refractivity contribution is 9.10. The lowest BCUT2D eigenvalue weighted by atomic mass is 9.92. The van der Waals surface area contributed by atoms with Crippen LogP contribution in [0.15, 0.2) is 28.7 Å². The molecule has 1 aliphatic rings. The van der Waals surface area contributed by atoms with Crippen LogP contribution in [0.2, 0.25) is 0 Å². The number of aliphatic hydroxyl groups excluding tert-OH is 1. The molecular formula is C14H20BrNO. The van der Waals surface area contributed by atoms with E-state index in [0.29, 0.717) is 12.1 Å². The Morgan fingerprint density at radius 1 is 1.24 bits per heavy atom. The van der Waals surface area contributed by atoms with Crippen LogP contribution >= 0.6 is 15.9 Å². The number of halogens is 1. The molecule has 0 heterocycles. The van der Waals surface area contributed by atoms with Crippen molar-refractivity contribution >= 4 is 15.9 Å². The summed E-state index contributed by atoms with van der Waals surface area (Å²) < 4.78 is 1.16. The first-order valence-electron chi connectivity index (χ1n) is 6.35. The van der Waals surface area contributed by atoms with Gasteiger partial charge in [-0.05, 0) is 44.2 Å². The van der Waals surface area contributed by atoms with Crippen LogP contribution in [0.4, 0.5) is 0 Å². The molecule has 1 aliphatic carbocycles. The summed E-state index contributed by atoms with van der Waals surface area (Å²) in [6.07, 6.45) is 3.94. The Morgan fingerprint density at radius 2 is 1.88 bits per heavy atom. The third-order valence-electron chi connectivity index (χ3n) is 3.55. The van der Waals surface area contributed by atoms with Crippen LogP contribution in [0.5, 0.6) is 0 Å². The lowest BCUT2D eigenvalue weighted by Crippen LogP contribution is -2.36. The third kappa shape index (κ3) is 3.54. The summed E-state index contributed by atoms with van der Waals surface area (Å²) in [6.45, 7) is 2.20. The van der Waals surface area contributed by atoms with Gasteiger partial charge in [-0.1, -0.05) is 34.1 Å². The number of aliphatic hydroxyl groups is 1. The first kappa shape index (κ1) is 13.1. The average Bonchev–Trinajstić information content (AvgIpc) is 2.32. The Balaban J connectivity index is 1.93. The lowest BCUT2D eigenvalue weighted by molar-refractivity contribution is 0.114. The zero-order chi connectivity index (χ0) is 12.3. The monoisotopic (exact) mass is 297 g/mol. The second kappa shape index (κ2) is 5.98. The highest BCUT2D eigenvalue weighted by atomic mass is 79.9. The lowest BCUT2D eigenvalue weighted by Gasteiger charge is -2.29. The molecule has 0 radical (unpaired) electrons. The molecule has 2 N–H and O–H groups in total. The number of hydrogen-bond acceptors (Lipinski definition) is 2. The van der Waals surface area contributed by atoms with Crippen molar-refractivity contribution in [2.24, 2.45) is 0 Å². The quantitative estimate of drug-likeness (QED) is 0.896. The van der Waals surface area contributed by atoms with Gasteiger partial charge in [-0.3, -0.25) is 0 Å². The fourth-order valence-electron chi connectivity index (χ4n) is 2.51. The van der Waals surface area contributed by atoms with Crippen molar-refractivity contribution in [3.8, 4) is 0 Å². The van der Waals surface area contributed by atoms with Crippen molar-refractivity contribution in [3.63, 3.8) is 0 Å². The summed E-state index contributed by atoms with van der Waals surface area (Å²) in [4.78, 5) is 0. The van der Waals surface area contributed by atoms with Crippen molar-refractivity contribution in [2.45, 2.75) is 50.8 Å². The van der Waals surface area contributed by atoms with E-state index in [-0.39, 0.29) is 6.10 Å². The van der Waals surface area contributed by atoms with Gasteiger partial charge in [0.25, 0.3) is 0 Å². The van der Waals surface area contributed by atoms with E-state index in [0.717, 1.165) is 30.2 Å². The maximum absolute atomic E-state index is 9.49. The zero-order valence-corrected chi connectivity index (χ0v) is 11.8. The first-order chi connectivity index (χ1) is 8.16. The minimum absolute atomic E-state index is 0.0770. The summed E-state index contributed by atoms with van der Waals surface area (Å²) >= 11 is 3.59. The van der Waals surface area contributed by atoms with Gasteiger partial charge in [-0.2, -0.15) is 0 Å². The second-order valence-corrected chi connectivity index (χ2v) is 5.77. The summed E-state index contributed by atoms with van der Waals surface area (Å²) in [5.41, 5.74) is 1.30. The minimum atomic E-state index is -0.0770. The van der Waals surface area contributed by atoms with Crippen molar-refractivity contribution in [1.29, 1.82) is 0 Å². The van der Waals surface area contributed by atoms with Gasteiger partial charge in [-0.15, -0.1) is 0 Å². The van der Waals surface area contributed by atoms with Gasteiger partial charge in [0.2, 0.25) is 0 Å². The van der Waals surface area contributed by atoms with Crippen LogP contribution < -0.4 is 5.32 Å². The molecule has 3 heteroatoms.